The molecule has 2 aromatic heterocycles. The molecule has 0 amide bonds. The van der Waals surface area contributed by atoms with Gasteiger partial charge in [-0.15, -0.1) is 0 Å². The minimum absolute atomic E-state index is 0.192. The lowest BCUT2D eigenvalue weighted by molar-refractivity contribution is 0.733. The normalized spacial score (nSPS) is 12.6. The van der Waals surface area contributed by atoms with Gasteiger partial charge in [0.15, 0.2) is 0 Å². The Labute approximate surface area is 146 Å². The molecule has 25 heavy (non-hydrogen) atoms. The molecule has 0 radical (unpaired) electrons. The number of hydrogen-bond acceptors (Lipinski definition) is 2. The van der Waals surface area contributed by atoms with Crippen molar-refractivity contribution in [2.24, 2.45) is 0 Å². The third-order valence-electron chi connectivity index (χ3n) is 5.01. The molecule has 2 heterocycles. The molecule has 0 aliphatic rings. The number of benzene rings is 2. The number of nitrogens with zero attached hydrogens (tertiary/aromatic N) is 2. The highest BCUT2D eigenvalue weighted by Crippen LogP contribution is 2.36. The van der Waals surface area contributed by atoms with Crippen LogP contribution in [0, 0.1) is 25.2 Å². The summed E-state index contributed by atoms with van der Waals surface area (Å²) in [6, 6.07) is 12.2. The summed E-state index contributed by atoms with van der Waals surface area (Å²) in [5, 5.41) is 10.4. The van der Waals surface area contributed by atoms with Crippen molar-refractivity contribution in [2.45, 2.75) is 33.1 Å². The maximum atomic E-state index is 9.11. The van der Waals surface area contributed by atoms with Crippen LogP contribution in [-0.4, -0.2) is 15.0 Å². The number of hydrogen-bond donors (Lipinski definition) is 2. The van der Waals surface area contributed by atoms with Crippen molar-refractivity contribution >= 4 is 21.9 Å². The Balaban J connectivity index is 1.92. The Morgan fingerprint density at radius 2 is 2.00 bits per heavy atom. The number of nitriles is 1. The zero-order chi connectivity index (χ0) is 17.6. The van der Waals surface area contributed by atoms with Crippen molar-refractivity contribution < 1.29 is 0 Å². The van der Waals surface area contributed by atoms with Gasteiger partial charge in [-0.3, -0.25) is 0 Å². The lowest BCUT2D eigenvalue weighted by Gasteiger charge is -2.18. The van der Waals surface area contributed by atoms with E-state index < -0.39 is 0 Å². The fraction of sp³-hybridized carbons (Fsp3) is 0.238. The van der Waals surface area contributed by atoms with Crippen LogP contribution in [0.2, 0.25) is 0 Å². The molecule has 4 rings (SSSR count). The number of aromatic amines is 2. The summed E-state index contributed by atoms with van der Waals surface area (Å²) < 4.78 is 0. The molecule has 0 aliphatic heterocycles. The SMILES string of the molecule is CCC(c1nc2ccc(C#N)cc2[nH]1)c1c(C)cc(C)c2[nH]ccc12. The highest BCUT2D eigenvalue weighted by atomic mass is 14.9. The van der Waals surface area contributed by atoms with E-state index in [0.717, 1.165) is 23.3 Å². The minimum atomic E-state index is 0.192. The molecule has 1 atom stereocenters. The van der Waals surface area contributed by atoms with Crippen molar-refractivity contribution in [3.63, 3.8) is 0 Å². The zero-order valence-electron chi connectivity index (χ0n) is 14.6. The van der Waals surface area contributed by atoms with Gasteiger partial charge in [-0.05, 0) is 61.2 Å². The van der Waals surface area contributed by atoms with Crippen molar-refractivity contribution in [1.82, 2.24) is 15.0 Å². The molecule has 0 saturated heterocycles. The quantitative estimate of drug-likeness (QED) is 0.551. The van der Waals surface area contributed by atoms with Crippen LogP contribution < -0.4 is 0 Å². The van der Waals surface area contributed by atoms with Gasteiger partial charge in [-0.2, -0.15) is 5.26 Å². The second-order valence-electron chi connectivity index (χ2n) is 6.62. The Kier molecular flexibility index (Phi) is 3.58. The molecule has 4 heteroatoms. The first-order valence-corrected chi connectivity index (χ1v) is 8.59. The molecular formula is C21H20N4. The summed E-state index contributed by atoms with van der Waals surface area (Å²) >= 11 is 0. The Morgan fingerprint density at radius 1 is 1.16 bits per heavy atom. The smallest absolute Gasteiger partial charge is 0.114 e. The number of nitrogens with one attached hydrogen (secondary N) is 2. The third-order valence-corrected chi connectivity index (χ3v) is 5.01. The number of imidazole rings is 1. The summed E-state index contributed by atoms with van der Waals surface area (Å²) in [6.07, 6.45) is 2.96. The van der Waals surface area contributed by atoms with Crippen LogP contribution >= 0.6 is 0 Å². The first kappa shape index (κ1) is 15.5. The predicted octanol–water partition coefficient (Wildman–Crippen LogP) is 5.07. The molecule has 124 valence electrons. The zero-order valence-corrected chi connectivity index (χ0v) is 14.6. The van der Waals surface area contributed by atoms with E-state index in [9.17, 15) is 0 Å². The molecule has 0 bridgehead atoms. The largest absolute Gasteiger partial charge is 0.361 e. The van der Waals surface area contributed by atoms with Gasteiger partial charge in [0.25, 0.3) is 0 Å². The van der Waals surface area contributed by atoms with E-state index in [1.165, 1.54) is 27.6 Å². The summed E-state index contributed by atoms with van der Waals surface area (Å²) in [4.78, 5) is 11.6. The van der Waals surface area contributed by atoms with Gasteiger partial charge in [-0.25, -0.2) is 4.98 Å². The van der Waals surface area contributed by atoms with E-state index in [4.69, 9.17) is 10.2 Å². The second-order valence-corrected chi connectivity index (χ2v) is 6.62. The summed E-state index contributed by atoms with van der Waals surface area (Å²) in [6.45, 7) is 6.51. The molecule has 2 aromatic carbocycles. The molecule has 0 spiro atoms. The molecule has 2 N–H and O–H groups in total. The molecule has 0 aliphatic carbocycles. The number of H-pyrrole nitrogens is 2. The summed E-state index contributed by atoms with van der Waals surface area (Å²) in [5.41, 5.74) is 7.54. The van der Waals surface area contributed by atoms with E-state index in [1.807, 2.05) is 24.4 Å². The van der Waals surface area contributed by atoms with Crippen LogP contribution in [0.15, 0.2) is 36.5 Å². The van der Waals surface area contributed by atoms with E-state index >= 15 is 0 Å². The molecule has 4 aromatic rings. The van der Waals surface area contributed by atoms with Crippen LogP contribution in [-0.2, 0) is 0 Å². The van der Waals surface area contributed by atoms with E-state index in [0.29, 0.717) is 5.56 Å². The highest BCUT2D eigenvalue weighted by Gasteiger charge is 2.22. The number of rotatable bonds is 3. The number of fused-ring (bicyclic) bond motifs is 2. The van der Waals surface area contributed by atoms with Crippen LogP contribution in [0.25, 0.3) is 21.9 Å². The van der Waals surface area contributed by atoms with Gasteiger partial charge in [-0.1, -0.05) is 13.0 Å². The molecule has 4 nitrogen and oxygen atoms in total. The molecule has 1 unspecified atom stereocenters. The van der Waals surface area contributed by atoms with Gasteiger partial charge >= 0.3 is 0 Å². The van der Waals surface area contributed by atoms with Crippen LogP contribution in [0.4, 0.5) is 0 Å². The van der Waals surface area contributed by atoms with Gasteiger partial charge in [0.1, 0.15) is 5.82 Å². The number of aryl methyl sites for hydroxylation is 2. The van der Waals surface area contributed by atoms with Crippen LogP contribution in [0.1, 0.15) is 47.3 Å². The van der Waals surface area contributed by atoms with Crippen molar-refractivity contribution in [1.29, 1.82) is 5.26 Å². The van der Waals surface area contributed by atoms with Crippen LogP contribution in [0.3, 0.4) is 0 Å². The topological polar surface area (TPSA) is 68.3 Å². The standard InChI is InChI=1S/C21H20N4/c1-4-15(19-12(2)9-13(3)20-16(19)7-8-23-20)21-24-17-6-5-14(11-22)10-18(17)25-21/h5-10,15,23H,4H2,1-3H3,(H,24,25). The molecule has 0 saturated carbocycles. The first-order chi connectivity index (χ1) is 12.1. The molecular weight excluding hydrogens is 308 g/mol. The average Bonchev–Trinajstić information content (AvgIpc) is 3.24. The Hall–Kier alpha value is -3.06. The van der Waals surface area contributed by atoms with Gasteiger partial charge in [0.2, 0.25) is 0 Å². The van der Waals surface area contributed by atoms with E-state index in [1.54, 1.807) is 0 Å². The fourth-order valence-electron chi connectivity index (χ4n) is 3.87. The van der Waals surface area contributed by atoms with Crippen molar-refractivity contribution in [3.05, 3.63) is 64.6 Å². The Bertz CT molecular complexity index is 1120. The fourth-order valence-corrected chi connectivity index (χ4v) is 3.87. The van der Waals surface area contributed by atoms with E-state index in [2.05, 4.69) is 48.9 Å². The monoisotopic (exact) mass is 328 g/mol. The maximum Gasteiger partial charge on any atom is 0.114 e. The lowest BCUT2D eigenvalue weighted by Crippen LogP contribution is -2.05. The van der Waals surface area contributed by atoms with Gasteiger partial charge in [0, 0.05) is 23.0 Å². The molecule has 0 fully saturated rings. The second kappa shape index (κ2) is 5.78. The van der Waals surface area contributed by atoms with Gasteiger partial charge < -0.3 is 9.97 Å². The van der Waals surface area contributed by atoms with Gasteiger partial charge in [0.05, 0.1) is 22.7 Å². The Morgan fingerprint density at radius 3 is 2.76 bits per heavy atom. The highest BCUT2D eigenvalue weighted by molar-refractivity contribution is 5.88. The summed E-state index contributed by atoms with van der Waals surface area (Å²) in [5.74, 6) is 1.15. The predicted molar refractivity (Wildman–Crippen MR) is 101 cm³/mol. The maximum absolute atomic E-state index is 9.11. The average molecular weight is 328 g/mol. The number of aromatic nitrogens is 3. The van der Waals surface area contributed by atoms with Crippen molar-refractivity contribution in [3.8, 4) is 6.07 Å². The van der Waals surface area contributed by atoms with Crippen molar-refractivity contribution in [2.75, 3.05) is 0 Å². The van der Waals surface area contributed by atoms with E-state index in [-0.39, 0.29) is 5.92 Å². The lowest BCUT2D eigenvalue weighted by atomic mass is 9.88. The first-order valence-electron chi connectivity index (χ1n) is 8.59. The minimum Gasteiger partial charge on any atom is -0.361 e. The summed E-state index contributed by atoms with van der Waals surface area (Å²) in [7, 11) is 0. The van der Waals surface area contributed by atoms with Crippen LogP contribution in [0.5, 0.6) is 0 Å². The third kappa shape index (κ3) is 2.40.